The lowest BCUT2D eigenvalue weighted by molar-refractivity contribution is -0.134. The van der Waals surface area contributed by atoms with Gasteiger partial charge in [0.05, 0.1) is 31.4 Å². The van der Waals surface area contributed by atoms with E-state index in [1.807, 2.05) is 24.3 Å². The van der Waals surface area contributed by atoms with E-state index in [1.54, 1.807) is 13.8 Å². The van der Waals surface area contributed by atoms with Crippen LogP contribution < -0.4 is 9.64 Å². The monoisotopic (exact) mass is 561 g/mol. The summed E-state index contributed by atoms with van der Waals surface area (Å²) in [5.74, 6) is -1.77. The summed E-state index contributed by atoms with van der Waals surface area (Å²) in [6.07, 6.45) is 2.22. The van der Waals surface area contributed by atoms with Crippen molar-refractivity contribution < 1.29 is 32.3 Å². The molecule has 0 aliphatic carbocycles. The molecule has 3 aromatic rings. The average molecular weight is 562 g/mol. The van der Waals surface area contributed by atoms with Gasteiger partial charge in [0.2, 0.25) is 0 Å². The lowest BCUT2D eigenvalue weighted by Gasteiger charge is -2.17. The van der Waals surface area contributed by atoms with Gasteiger partial charge in [0.25, 0.3) is 0 Å². The molecule has 0 unspecified atom stereocenters. The van der Waals surface area contributed by atoms with E-state index in [-0.39, 0.29) is 31.4 Å². The van der Waals surface area contributed by atoms with Gasteiger partial charge in [0, 0.05) is 29.9 Å². The van der Waals surface area contributed by atoms with Crippen molar-refractivity contribution in [3.05, 3.63) is 47.8 Å². The molecular formula is C26H29FN3O6PS. The molecule has 0 N–H and O–H groups in total. The Morgan fingerprint density at radius 2 is 1.79 bits per heavy atom. The normalized spacial score (nSPS) is 13.6. The fraction of sp³-hybridized carbons (Fsp3) is 0.385. The standard InChI is InChI=1S/C26H29FN3O6PS/c1-3-34-37(33,35-4-2)14-11-23(32)36-24-20(17-31)15-19(16-22(24)27)26-28-25(29-38-26)18-7-9-21(10-8-18)30-12-5-6-13-30/h7-10,15-17H,3-6,11-14H2,1-2H3. The van der Waals surface area contributed by atoms with Gasteiger partial charge in [-0.1, -0.05) is 0 Å². The van der Waals surface area contributed by atoms with Crippen LogP contribution in [-0.2, 0) is 18.4 Å². The summed E-state index contributed by atoms with van der Waals surface area (Å²) >= 11 is 1.07. The van der Waals surface area contributed by atoms with Crippen LogP contribution in [0.25, 0.3) is 22.0 Å². The van der Waals surface area contributed by atoms with Crippen LogP contribution in [0.15, 0.2) is 36.4 Å². The number of rotatable bonds is 12. The van der Waals surface area contributed by atoms with Crippen molar-refractivity contribution in [2.75, 3.05) is 37.4 Å². The maximum absolute atomic E-state index is 15.0. The van der Waals surface area contributed by atoms with Crippen LogP contribution in [0.4, 0.5) is 10.1 Å². The number of halogens is 1. The number of ether oxygens (including phenoxy) is 1. The minimum absolute atomic E-state index is 0.148. The van der Waals surface area contributed by atoms with Gasteiger partial charge < -0.3 is 18.7 Å². The van der Waals surface area contributed by atoms with Crippen LogP contribution in [0.2, 0.25) is 0 Å². The summed E-state index contributed by atoms with van der Waals surface area (Å²) in [6, 6.07) is 10.5. The minimum atomic E-state index is -3.47. The minimum Gasteiger partial charge on any atom is -0.423 e. The Labute approximate surface area is 224 Å². The Morgan fingerprint density at radius 3 is 2.42 bits per heavy atom. The first kappa shape index (κ1) is 28.0. The number of anilines is 1. The van der Waals surface area contributed by atoms with Gasteiger partial charge in [-0.15, -0.1) is 0 Å². The van der Waals surface area contributed by atoms with Crippen LogP contribution >= 0.6 is 19.1 Å². The fourth-order valence-corrected chi connectivity index (χ4v) is 6.39. The zero-order valence-corrected chi connectivity index (χ0v) is 22.9. The molecule has 0 bridgehead atoms. The first-order valence-corrected chi connectivity index (χ1v) is 14.9. The van der Waals surface area contributed by atoms with E-state index in [4.69, 9.17) is 13.8 Å². The van der Waals surface area contributed by atoms with Crippen LogP contribution in [-0.4, -0.2) is 54.1 Å². The van der Waals surface area contributed by atoms with Gasteiger partial charge in [-0.05, 0) is 74.6 Å². The number of nitrogens with zero attached hydrogens (tertiary/aromatic N) is 3. The lowest BCUT2D eigenvalue weighted by atomic mass is 10.1. The number of aldehydes is 1. The molecule has 0 spiro atoms. The molecule has 0 radical (unpaired) electrons. The molecule has 202 valence electrons. The number of aromatic nitrogens is 2. The molecule has 1 aromatic heterocycles. The molecule has 1 aliphatic rings. The van der Waals surface area contributed by atoms with E-state index >= 15 is 0 Å². The molecule has 12 heteroatoms. The third-order valence-corrected chi connectivity index (χ3v) is 8.76. The van der Waals surface area contributed by atoms with Crippen molar-refractivity contribution in [2.24, 2.45) is 0 Å². The maximum atomic E-state index is 15.0. The van der Waals surface area contributed by atoms with Crippen molar-refractivity contribution >= 4 is 37.1 Å². The highest BCUT2D eigenvalue weighted by atomic mass is 32.1. The van der Waals surface area contributed by atoms with E-state index in [0.29, 0.717) is 22.7 Å². The van der Waals surface area contributed by atoms with E-state index in [0.717, 1.165) is 41.9 Å². The largest absolute Gasteiger partial charge is 0.423 e. The number of benzene rings is 2. The summed E-state index contributed by atoms with van der Waals surface area (Å²) < 4.78 is 47.4. The van der Waals surface area contributed by atoms with Gasteiger partial charge in [-0.3, -0.25) is 14.2 Å². The van der Waals surface area contributed by atoms with E-state index in [1.165, 1.54) is 18.9 Å². The smallest absolute Gasteiger partial charge is 0.331 e. The van der Waals surface area contributed by atoms with E-state index in [9.17, 15) is 18.5 Å². The number of carbonyl (C=O) groups excluding carboxylic acids is 2. The zero-order valence-electron chi connectivity index (χ0n) is 21.2. The summed E-state index contributed by atoms with van der Waals surface area (Å²) in [7, 11) is -3.47. The predicted octanol–water partition coefficient (Wildman–Crippen LogP) is 5.99. The van der Waals surface area contributed by atoms with Gasteiger partial charge in [0.15, 0.2) is 23.7 Å². The SMILES string of the molecule is CCOP(=O)(CCC(=O)Oc1c(F)cc(-c2nc(-c3ccc(N4CCCC4)cc3)ns2)cc1C=O)OCC. The molecule has 1 fully saturated rings. The molecule has 2 heterocycles. The highest BCUT2D eigenvalue weighted by Crippen LogP contribution is 2.48. The second kappa shape index (κ2) is 12.7. The average Bonchev–Trinajstić information content (AvgIpc) is 3.62. The molecule has 4 rings (SSSR count). The van der Waals surface area contributed by atoms with Crippen molar-refractivity contribution in [1.29, 1.82) is 0 Å². The first-order chi connectivity index (χ1) is 18.4. The number of carbonyl (C=O) groups is 2. The van der Waals surface area contributed by atoms with Gasteiger partial charge in [0.1, 0.15) is 5.01 Å². The molecule has 9 nitrogen and oxygen atoms in total. The second-order valence-electron chi connectivity index (χ2n) is 8.55. The number of hydrogen-bond donors (Lipinski definition) is 0. The number of hydrogen-bond acceptors (Lipinski definition) is 10. The van der Waals surface area contributed by atoms with Crippen molar-refractivity contribution in [1.82, 2.24) is 9.36 Å². The Morgan fingerprint density at radius 1 is 1.11 bits per heavy atom. The van der Waals surface area contributed by atoms with Crippen LogP contribution in [0.5, 0.6) is 5.75 Å². The van der Waals surface area contributed by atoms with Gasteiger partial charge in [-0.2, -0.15) is 4.37 Å². The summed E-state index contributed by atoms with van der Waals surface area (Å²) in [6.45, 7) is 5.71. The Bertz CT molecular complexity index is 1320. The van der Waals surface area contributed by atoms with Gasteiger partial charge >= 0.3 is 13.6 Å². The van der Waals surface area contributed by atoms with Crippen LogP contribution in [0.3, 0.4) is 0 Å². The molecule has 2 aromatic carbocycles. The Balaban J connectivity index is 1.47. The molecule has 1 saturated heterocycles. The van der Waals surface area contributed by atoms with Crippen LogP contribution in [0, 0.1) is 5.82 Å². The van der Waals surface area contributed by atoms with E-state index < -0.39 is 25.1 Å². The second-order valence-corrected chi connectivity index (χ2v) is 11.5. The van der Waals surface area contributed by atoms with E-state index in [2.05, 4.69) is 14.3 Å². The number of esters is 1. The van der Waals surface area contributed by atoms with Crippen molar-refractivity contribution in [3.63, 3.8) is 0 Å². The molecule has 0 amide bonds. The zero-order chi connectivity index (χ0) is 27.1. The van der Waals surface area contributed by atoms with Crippen molar-refractivity contribution in [2.45, 2.75) is 33.1 Å². The quantitative estimate of drug-likeness (QED) is 0.114. The van der Waals surface area contributed by atoms with Crippen molar-refractivity contribution in [3.8, 4) is 27.7 Å². The van der Waals surface area contributed by atoms with Gasteiger partial charge in [-0.25, -0.2) is 9.37 Å². The Kier molecular flexibility index (Phi) is 9.38. The third-order valence-electron chi connectivity index (χ3n) is 5.93. The summed E-state index contributed by atoms with van der Waals surface area (Å²) in [5.41, 5.74) is 2.16. The fourth-order valence-electron chi connectivity index (χ4n) is 4.14. The molecule has 0 saturated carbocycles. The maximum Gasteiger partial charge on any atom is 0.331 e. The third kappa shape index (κ3) is 6.71. The molecule has 38 heavy (non-hydrogen) atoms. The highest BCUT2D eigenvalue weighted by Gasteiger charge is 2.26. The molecular weight excluding hydrogens is 532 g/mol. The topological polar surface area (TPSA) is 108 Å². The summed E-state index contributed by atoms with van der Waals surface area (Å²) in [5, 5.41) is 0.415. The molecule has 0 atom stereocenters. The predicted molar refractivity (Wildman–Crippen MR) is 144 cm³/mol. The summed E-state index contributed by atoms with van der Waals surface area (Å²) in [4.78, 5) is 30.9. The lowest BCUT2D eigenvalue weighted by Crippen LogP contribution is -2.17. The first-order valence-electron chi connectivity index (χ1n) is 12.4. The van der Waals surface area contributed by atoms with Crippen LogP contribution in [0.1, 0.15) is 43.5 Å². The Hall–Kier alpha value is -2.98. The molecule has 1 aliphatic heterocycles. The highest BCUT2D eigenvalue weighted by molar-refractivity contribution is 7.53.